The van der Waals surface area contributed by atoms with Gasteiger partial charge in [-0.05, 0) is 23.4 Å². The molecule has 1 aliphatic heterocycles. The lowest BCUT2D eigenvalue weighted by atomic mass is 10.2. The Bertz CT molecular complexity index is 1030. The van der Waals surface area contributed by atoms with Gasteiger partial charge in [-0.25, -0.2) is 9.29 Å². The number of aromatic nitrogens is 8. The van der Waals surface area contributed by atoms with Gasteiger partial charge in [-0.15, -0.1) is 20.4 Å². The zero-order chi connectivity index (χ0) is 16.8. The van der Waals surface area contributed by atoms with E-state index in [1.165, 1.54) is 0 Å². The maximum Gasteiger partial charge on any atom is 0.204 e. The number of hydrogen-bond acceptors (Lipinski definition) is 9. The van der Waals surface area contributed by atoms with E-state index in [0.29, 0.717) is 5.82 Å². The summed E-state index contributed by atoms with van der Waals surface area (Å²) in [4.78, 5) is 7.07. The number of rotatable bonds is 2. The lowest BCUT2D eigenvalue weighted by molar-refractivity contribution is 0.433. The minimum absolute atomic E-state index is 0.539. The first-order valence-corrected chi connectivity index (χ1v) is 8.26. The Balaban J connectivity index is 1.67. The van der Waals surface area contributed by atoms with Crippen molar-refractivity contribution in [1.82, 2.24) is 44.5 Å². The quantitative estimate of drug-likeness (QED) is 0.499. The van der Waals surface area contributed by atoms with Crippen LogP contribution in [0.25, 0.3) is 28.1 Å². The van der Waals surface area contributed by atoms with E-state index in [1.54, 1.807) is 6.33 Å². The average molecular weight is 354 g/mol. The van der Waals surface area contributed by atoms with Crippen LogP contribution < -0.4 is 4.90 Å². The summed E-state index contributed by atoms with van der Waals surface area (Å²) in [6.07, 6.45) is 1.71. The fourth-order valence-corrected chi connectivity index (χ4v) is 3.26. The molecule has 0 amide bonds. The van der Waals surface area contributed by atoms with Crippen LogP contribution in [0.5, 0.6) is 0 Å². The van der Waals surface area contributed by atoms with Crippen molar-refractivity contribution in [1.29, 1.82) is 0 Å². The van der Waals surface area contributed by atoms with Gasteiger partial charge in [0.1, 0.15) is 6.33 Å². The highest BCUT2D eigenvalue weighted by molar-refractivity contribution is 7.77. The molecule has 1 saturated heterocycles. The normalized spacial score (nSPS) is 16.1. The molecule has 0 bridgehead atoms. The summed E-state index contributed by atoms with van der Waals surface area (Å²) in [6, 6.07) is 5.86. The summed E-state index contributed by atoms with van der Waals surface area (Å²) in [6.45, 7) is 3.46. The van der Waals surface area contributed by atoms with E-state index >= 15 is 0 Å². The molecule has 0 radical (unpaired) electrons. The molecule has 0 saturated carbocycles. The molecule has 1 fully saturated rings. The summed E-state index contributed by atoms with van der Waals surface area (Å²) >= 11 is 4.41. The number of piperazine rings is 1. The first-order chi connectivity index (χ1) is 12.3. The van der Waals surface area contributed by atoms with E-state index in [2.05, 4.69) is 48.5 Å². The number of H-pyrrole nitrogens is 1. The number of hydrogen-bond donors (Lipinski definition) is 2. The van der Waals surface area contributed by atoms with E-state index in [0.717, 1.165) is 54.2 Å². The Morgan fingerprint density at radius 3 is 2.76 bits per heavy atom. The van der Waals surface area contributed by atoms with Crippen molar-refractivity contribution in [2.24, 2.45) is 0 Å². The Morgan fingerprint density at radius 2 is 1.96 bits per heavy atom. The van der Waals surface area contributed by atoms with Crippen molar-refractivity contribution in [3.05, 3.63) is 24.5 Å². The van der Waals surface area contributed by atoms with Gasteiger partial charge in [0.05, 0.1) is 11.0 Å². The Morgan fingerprint density at radius 1 is 1.08 bits per heavy atom. The van der Waals surface area contributed by atoms with Crippen molar-refractivity contribution in [2.45, 2.75) is 0 Å². The first-order valence-electron chi connectivity index (χ1n) is 7.86. The predicted molar refractivity (Wildman–Crippen MR) is 94.2 cm³/mol. The highest BCUT2D eigenvalue weighted by Gasteiger charge is 2.21. The number of thiol groups is 1. The molecular formula is C14H14N10S. The lowest BCUT2D eigenvalue weighted by Gasteiger charge is -2.32. The molecular weight excluding hydrogens is 340 g/mol. The van der Waals surface area contributed by atoms with Crippen molar-refractivity contribution in [2.75, 3.05) is 31.1 Å². The second-order valence-corrected chi connectivity index (χ2v) is 6.41. The number of fused-ring (bicyclic) bond motifs is 3. The fourth-order valence-electron chi connectivity index (χ4n) is 3.08. The highest BCUT2D eigenvalue weighted by atomic mass is 32.1. The van der Waals surface area contributed by atoms with Crippen molar-refractivity contribution in [3.63, 3.8) is 0 Å². The zero-order valence-corrected chi connectivity index (χ0v) is 14.0. The molecule has 3 aromatic heterocycles. The monoisotopic (exact) mass is 354 g/mol. The fraction of sp³-hybridized carbons (Fsp3) is 0.286. The molecule has 11 heteroatoms. The third-order valence-corrected chi connectivity index (χ3v) is 4.77. The number of aromatic amines is 1. The molecule has 1 aliphatic rings. The summed E-state index contributed by atoms with van der Waals surface area (Å²) in [5.41, 5.74) is 3.36. The molecule has 1 aromatic carbocycles. The molecule has 0 aliphatic carbocycles. The van der Waals surface area contributed by atoms with Crippen LogP contribution in [0, 0.1) is 0 Å². The second-order valence-electron chi connectivity index (χ2n) is 5.84. The number of tetrazole rings is 1. The molecule has 25 heavy (non-hydrogen) atoms. The van der Waals surface area contributed by atoms with Gasteiger partial charge in [0.25, 0.3) is 0 Å². The topological polar surface area (TPSA) is 104 Å². The molecule has 0 atom stereocenters. The summed E-state index contributed by atoms with van der Waals surface area (Å²) in [7, 11) is 0. The number of anilines is 1. The van der Waals surface area contributed by atoms with Crippen LogP contribution in [-0.4, -0.2) is 70.7 Å². The summed E-state index contributed by atoms with van der Waals surface area (Å²) < 4.78 is 3.96. The van der Waals surface area contributed by atoms with E-state index in [1.807, 2.05) is 26.9 Å². The van der Waals surface area contributed by atoms with Crippen LogP contribution in [0.15, 0.2) is 24.5 Å². The first kappa shape index (κ1) is 14.5. The van der Waals surface area contributed by atoms with Crippen LogP contribution in [0.3, 0.4) is 0 Å². The van der Waals surface area contributed by atoms with Crippen molar-refractivity contribution in [3.8, 4) is 11.4 Å². The molecule has 4 aromatic rings. The summed E-state index contributed by atoms with van der Waals surface area (Å²) in [5.74, 6) is 1.39. The number of nitrogens with zero attached hydrogens (tertiary/aromatic N) is 9. The minimum Gasteiger partial charge on any atom is -0.351 e. The van der Waals surface area contributed by atoms with Crippen LogP contribution in [0.4, 0.5) is 5.82 Å². The summed E-state index contributed by atoms with van der Waals surface area (Å²) in [5, 5.41) is 22.5. The molecule has 0 unspecified atom stereocenters. The standard InChI is InChI=1S/C14H14N10S/c25-23-5-3-22(4-6-23)13-14-19-15-8-24(14)11-7-9(1-2-10(11)16-13)12-17-20-21-18-12/h1-2,7-8,25H,3-6H2,(H,17,18,20,21). The zero-order valence-electron chi connectivity index (χ0n) is 13.1. The Kier molecular flexibility index (Phi) is 3.28. The third kappa shape index (κ3) is 2.39. The van der Waals surface area contributed by atoms with Gasteiger partial charge in [0.15, 0.2) is 5.82 Å². The van der Waals surface area contributed by atoms with Gasteiger partial charge in [-0.1, -0.05) is 12.8 Å². The Labute approximate surface area is 147 Å². The van der Waals surface area contributed by atoms with Gasteiger partial charge < -0.3 is 4.90 Å². The van der Waals surface area contributed by atoms with Gasteiger partial charge in [-0.3, -0.25) is 4.40 Å². The second kappa shape index (κ2) is 5.63. The van der Waals surface area contributed by atoms with E-state index in [4.69, 9.17) is 4.98 Å². The molecule has 1 N–H and O–H groups in total. The van der Waals surface area contributed by atoms with E-state index in [-0.39, 0.29) is 0 Å². The maximum absolute atomic E-state index is 4.84. The van der Waals surface area contributed by atoms with E-state index < -0.39 is 0 Å². The predicted octanol–water partition coefficient (Wildman–Crippen LogP) is 0.424. The lowest BCUT2D eigenvalue weighted by Crippen LogP contribution is -2.43. The van der Waals surface area contributed by atoms with Gasteiger partial charge in [-0.2, -0.15) is 5.21 Å². The van der Waals surface area contributed by atoms with Crippen molar-refractivity contribution >= 4 is 35.3 Å². The maximum atomic E-state index is 4.84. The molecule has 0 spiro atoms. The number of benzene rings is 1. The third-order valence-electron chi connectivity index (χ3n) is 4.37. The minimum atomic E-state index is 0.539. The van der Waals surface area contributed by atoms with Crippen molar-refractivity contribution < 1.29 is 0 Å². The SMILES string of the molecule is SN1CCN(c2nc3ccc(-c4nn[nH]n4)cc3n3cnnc23)CC1. The average Bonchev–Trinajstić information content (AvgIpc) is 3.33. The van der Waals surface area contributed by atoms with Crippen LogP contribution in [0.2, 0.25) is 0 Å². The molecule has 10 nitrogen and oxygen atoms in total. The molecule has 126 valence electrons. The van der Waals surface area contributed by atoms with Crippen LogP contribution >= 0.6 is 12.8 Å². The van der Waals surface area contributed by atoms with Crippen LogP contribution in [-0.2, 0) is 0 Å². The largest absolute Gasteiger partial charge is 0.351 e. The molecule has 4 heterocycles. The Hall–Kier alpha value is -2.79. The van der Waals surface area contributed by atoms with Gasteiger partial charge >= 0.3 is 0 Å². The van der Waals surface area contributed by atoms with Gasteiger partial charge in [0.2, 0.25) is 11.5 Å². The number of nitrogens with one attached hydrogen (secondary N) is 1. The van der Waals surface area contributed by atoms with E-state index in [9.17, 15) is 0 Å². The van der Waals surface area contributed by atoms with Crippen LogP contribution in [0.1, 0.15) is 0 Å². The molecule has 5 rings (SSSR count). The smallest absolute Gasteiger partial charge is 0.204 e. The highest BCUT2D eigenvalue weighted by Crippen LogP contribution is 2.26. The van der Waals surface area contributed by atoms with Gasteiger partial charge in [0, 0.05) is 31.7 Å².